The highest BCUT2D eigenvalue weighted by molar-refractivity contribution is 9.09. The third-order valence-electron chi connectivity index (χ3n) is 3.11. The highest BCUT2D eigenvalue weighted by atomic mass is 79.9. The highest BCUT2D eigenvalue weighted by Gasteiger charge is 2.27. The van der Waals surface area contributed by atoms with Crippen molar-refractivity contribution in [2.45, 2.75) is 57.9 Å². The van der Waals surface area contributed by atoms with E-state index < -0.39 is 0 Å². The molecule has 0 aliphatic heterocycles. The number of unbranched alkanes of at least 4 members (excludes halogenated alkanes) is 1. The summed E-state index contributed by atoms with van der Waals surface area (Å²) in [5.41, 5.74) is 0. The fraction of sp³-hybridized carbons (Fsp3) is 0.917. The van der Waals surface area contributed by atoms with E-state index in [2.05, 4.69) is 27.8 Å². The fourth-order valence-corrected chi connectivity index (χ4v) is 2.16. The molecule has 1 fully saturated rings. The molecule has 0 N–H and O–H groups in total. The zero-order valence-electron chi connectivity index (χ0n) is 9.67. The Hall–Kier alpha value is -0.0500. The van der Waals surface area contributed by atoms with Crippen LogP contribution in [-0.2, 0) is 4.79 Å². The molecule has 1 saturated carbocycles. The SMILES string of the molecule is CCCCC(=O)N(CCCBr)C1CCC1. The van der Waals surface area contributed by atoms with E-state index in [1.165, 1.54) is 19.3 Å². The van der Waals surface area contributed by atoms with Crippen molar-refractivity contribution in [1.82, 2.24) is 4.90 Å². The first-order valence-corrected chi connectivity index (χ1v) is 7.27. The molecule has 1 aliphatic rings. The van der Waals surface area contributed by atoms with Gasteiger partial charge in [0.05, 0.1) is 0 Å². The molecule has 0 aromatic heterocycles. The second kappa shape index (κ2) is 7.26. The molecule has 2 nitrogen and oxygen atoms in total. The lowest BCUT2D eigenvalue weighted by molar-refractivity contribution is -0.135. The molecule has 1 aliphatic carbocycles. The summed E-state index contributed by atoms with van der Waals surface area (Å²) < 4.78 is 0. The molecule has 0 aromatic carbocycles. The van der Waals surface area contributed by atoms with E-state index in [0.29, 0.717) is 11.9 Å². The molecule has 0 heterocycles. The standard InChI is InChI=1S/C12H22BrNO/c1-2-3-8-12(15)14(10-5-9-13)11-6-4-7-11/h11H,2-10H2,1H3. The van der Waals surface area contributed by atoms with Gasteiger partial charge in [-0.3, -0.25) is 4.79 Å². The molecule has 0 radical (unpaired) electrons. The van der Waals surface area contributed by atoms with E-state index in [0.717, 1.165) is 37.6 Å². The van der Waals surface area contributed by atoms with Gasteiger partial charge >= 0.3 is 0 Å². The lowest BCUT2D eigenvalue weighted by Gasteiger charge is -2.37. The van der Waals surface area contributed by atoms with Crippen molar-refractivity contribution in [3.63, 3.8) is 0 Å². The summed E-state index contributed by atoms with van der Waals surface area (Å²) in [6.07, 6.45) is 7.72. The summed E-state index contributed by atoms with van der Waals surface area (Å²) in [5, 5.41) is 0.997. The molecule has 0 saturated heterocycles. The molecule has 0 atom stereocenters. The summed E-state index contributed by atoms with van der Waals surface area (Å²) in [5.74, 6) is 0.377. The number of halogens is 1. The predicted molar refractivity (Wildman–Crippen MR) is 67.3 cm³/mol. The molecule has 0 spiro atoms. The van der Waals surface area contributed by atoms with E-state index in [-0.39, 0.29) is 0 Å². The van der Waals surface area contributed by atoms with Gasteiger partial charge in [0.1, 0.15) is 0 Å². The minimum atomic E-state index is 0.377. The van der Waals surface area contributed by atoms with E-state index in [1.807, 2.05) is 0 Å². The maximum atomic E-state index is 12.0. The molecular formula is C12H22BrNO. The first kappa shape index (κ1) is 13.0. The van der Waals surface area contributed by atoms with Crippen LogP contribution >= 0.6 is 15.9 Å². The molecular weight excluding hydrogens is 254 g/mol. The van der Waals surface area contributed by atoms with Crippen LogP contribution in [0.1, 0.15) is 51.9 Å². The Morgan fingerprint density at radius 2 is 2.13 bits per heavy atom. The number of rotatable bonds is 7. The summed E-state index contributed by atoms with van der Waals surface area (Å²) >= 11 is 3.43. The molecule has 1 amide bonds. The number of amides is 1. The minimum Gasteiger partial charge on any atom is -0.340 e. The molecule has 1 rings (SSSR count). The van der Waals surface area contributed by atoms with E-state index >= 15 is 0 Å². The Labute approximate surface area is 102 Å². The first-order chi connectivity index (χ1) is 7.29. The molecule has 88 valence electrons. The van der Waals surface area contributed by atoms with E-state index in [4.69, 9.17) is 0 Å². The Balaban J connectivity index is 2.35. The van der Waals surface area contributed by atoms with Crippen molar-refractivity contribution in [2.75, 3.05) is 11.9 Å². The summed E-state index contributed by atoms with van der Waals surface area (Å²) in [6.45, 7) is 3.08. The van der Waals surface area contributed by atoms with Gasteiger partial charge in [-0.15, -0.1) is 0 Å². The summed E-state index contributed by atoms with van der Waals surface area (Å²) in [7, 11) is 0. The second-order valence-electron chi connectivity index (χ2n) is 4.32. The van der Waals surface area contributed by atoms with Gasteiger partial charge in [0.2, 0.25) is 5.91 Å². The van der Waals surface area contributed by atoms with Crippen molar-refractivity contribution in [3.05, 3.63) is 0 Å². The van der Waals surface area contributed by atoms with Gasteiger partial charge in [0.15, 0.2) is 0 Å². The summed E-state index contributed by atoms with van der Waals surface area (Å²) in [6, 6.07) is 0.563. The quantitative estimate of drug-likeness (QED) is 0.653. The van der Waals surface area contributed by atoms with E-state index in [9.17, 15) is 4.79 Å². The first-order valence-electron chi connectivity index (χ1n) is 6.15. The van der Waals surface area contributed by atoms with Crippen LogP contribution in [0.3, 0.4) is 0 Å². The second-order valence-corrected chi connectivity index (χ2v) is 5.11. The van der Waals surface area contributed by atoms with Gasteiger partial charge in [0.25, 0.3) is 0 Å². The predicted octanol–water partition coefficient (Wildman–Crippen LogP) is 3.34. The van der Waals surface area contributed by atoms with Gasteiger partial charge in [0, 0.05) is 24.3 Å². The van der Waals surface area contributed by atoms with Crippen molar-refractivity contribution in [2.24, 2.45) is 0 Å². The average Bonchev–Trinajstić information content (AvgIpc) is 2.17. The third-order valence-corrected chi connectivity index (χ3v) is 3.67. The van der Waals surface area contributed by atoms with Gasteiger partial charge in [-0.25, -0.2) is 0 Å². The smallest absolute Gasteiger partial charge is 0.222 e. The van der Waals surface area contributed by atoms with Crippen LogP contribution in [0.2, 0.25) is 0 Å². The molecule has 0 bridgehead atoms. The van der Waals surface area contributed by atoms with Gasteiger partial charge in [-0.1, -0.05) is 29.3 Å². The van der Waals surface area contributed by atoms with Crippen LogP contribution in [0.15, 0.2) is 0 Å². The Kier molecular flexibility index (Phi) is 6.30. The zero-order chi connectivity index (χ0) is 11.1. The minimum absolute atomic E-state index is 0.377. The maximum Gasteiger partial charge on any atom is 0.222 e. The number of carbonyl (C=O) groups excluding carboxylic acids is 1. The average molecular weight is 276 g/mol. The van der Waals surface area contributed by atoms with Crippen LogP contribution in [0.4, 0.5) is 0 Å². The summed E-state index contributed by atoms with van der Waals surface area (Å²) in [4.78, 5) is 14.1. The maximum absolute atomic E-state index is 12.0. The van der Waals surface area contributed by atoms with Crippen LogP contribution in [-0.4, -0.2) is 28.7 Å². The Bertz CT molecular complexity index is 192. The normalized spacial score (nSPS) is 16.1. The van der Waals surface area contributed by atoms with Gasteiger partial charge in [-0.2, -0.15) is 0 Å². The fourth-order valence-electron chi connectivity index (χ4n) is 1.91. The Morgan fingerprint density at radius 1 is 1.40 bits per heavy atom. The topological polar surface area (TPSA) is 20.3 Å². The monoisotopic (exact) mass is 275 g/mol. The number of hydrogen-bond acceptors (Lipinski definition) is 1. The van der Waals surface area contributed by atoms with Gasteiger partial charge in [-0.05, 0) is 32.1 Å². The lowest BCUT2D eigenvalue weighted by atomic mass is 9.91. The van der Waals surface area contributed by atoms with Crippen LogP contribution in [0.25, 0.3) is 0 Å². The molecule has 0 unspecified atom stereocenters. The molecule has 0 aromatic rings. The number of hydrogen-bond donors (Lipinski definition) is 0. The van der Waals surface area contributed by atoms with Crippen molar-refractivity contribution in [1.29, 1.82) is 0 Å². The van der Waals surface area contributed by atoms with Crippen LogP contribution in [0, 0.1) is 0 Å². The van der Waals surface area contributed by atoms with Crippen LogP contribution < -0.4 is 0 Å². The zero-order valence-corrected chi connectivity index (χ0v) is 11.3. The van der Waals surface area contributed by atoms with Crippen molar-refractivity contribution in [3.8, 4) is 0 Å². The Morgan fingerprint density at radius 3 is 2.60 bits per heavy atom. The van der Waals surface area contributed by atoms with Crippen molar-refractivity contribution < 1.29 is 4.79 Å². The molecule has 3 heteroatoms. The molecule has 15 heavy (non-hydrogen) atoms. The number of nitrogens with zero attached hydrogens (tertiary/aromatic N) is 1. The van der Waals surface area contributed by atoms with E-state index in [1.54, 1.807) is 0 Å². The third kappa shape index (κ3) is 4.13. The lowest BCUT2D eigenvalue weighted by Crippen LogP contribution is -2.44. The largest absolute Gasteiger partial charge is 0.340 e. The highest BCUT2D eigenvalue weighted by Crippen LogP contribution is 2.25. The van der Waals surface area contributed by atoms with Crippen molar-refractivity contribution >= 4 is 21.8 Å². The van der Waals surface area contributed by atoms with Gasteiger partial charge < -0.3 is 4.90 Å². The van der Waals surface area contributed by atoms with Crippen LogP contribution in [0.5, 0.6) is 0 Å². The number of carbonyl (C=O) groups is 1. The number of alkyl halides is 1.